The first-order valence-corrected chi connectivity index (χ1v) is 10.4. The van der Waals surface area contributed by atoms with Crippen LogP contribution < -0.4 is 10.6 Å². The van der Waals surface area contributed by atoms with Crippen molar-refractivity contribution in [2.45, 2.75) is 52.2 Å². The molecule has 0 aliphatic carbocycles. The lowest BCUT2D eigenvalue weighted by Gasteiger charge is -2.21. The first-order chi connectivity index (χ1) is 13.7. The minimum Gasteiger partial charge on any atom is -0.357 e. The van der Waals surface area contributed by atoms with Crippen LogP contribution in [-0.2, 0) is 13.0 Å². The minimum absolute atomic E-state index is 0. The van der Waals surface area contributed by atoms with E-state index >= 15 is 0 Å². The zero-order chi connectivity index (χ0) is 19.8. The molecule has 1 aromatic carbocycles. The van der Waals surface area contributed by atoms with Crippen molar-refractivity contribution in [2.24, 2.45) is 4.99 Å². The molecule has 1 aliphatic rings. The van der Waals surface area contributed by atoms with Crippen LogP contribution in [0.4, 0.5) is 0 Å². The van der Waals surface area contributed by atoms with Crippen LogP contribution in [0, 0.1) is 6.92 Å². The van der Waals surface area contributed by atoms with E-state index in [0.29, 0.717) is 12.1 Å². The normalized spacial score (nSPS) is 19.6. The number of aliphatic imine (C=N–C) groups is 1. The van der Waals surface area contributed by atoms with Crippen LogP contribution in [0.2, 0.25) is 0 Å². The van der Waals surface area contributed by atoms with E-state index in [1.54, 1.807) is 0 Å². The number of guanidine groups is 1. The number of hydrogen-bond acceptors (Lipinski definition) is 3. The van der Waals surface area contributed by atoms with E-state index < -0.39 is 0 Å². The van der Waals surface area contributed by atoms with E-state index in [9.17, 15) is 0 Å². The lowest BCUT2D eigenvalue weighted by molar-refractivity contribution is 0.258. The summed E-state index contributed by atoms with van der Waals surface area (Å²) in [6.07, 6.45) is 5.85. The summed E-state index contributed by atoms with van der Waals surface area (Å²) in [5.41, 5.74) is 3.93. The lowest BCUT2D eigenvalue weighted by Crippen LogP contribution is -2.44. The van der Waals surface area contributed by atoms with Crippen LogP contribution in [0.3, 0.4) is 0 Å². The molecule has 0 radical (unpaired) electrons. The van der Waals surface area contributed by atoms with Crippen LogP contribution in [-0.4, -0.2) is 47.6 Å². The summed E-state index contributed by atoms with van der Waals surface area (Å²) in [5, 5.41) is 7.05. The number of benzene rings is 1. The van der Waals surface area contributed by atoms with E-state index in [1.165, 1.54) is 16.7 Å². The molecule has 158 valence electrons. The highest BCUT2D eigenvalue weighted by molar-refractivity contribution is 14.0. The van der Waals surface area contributed by atoms with Gasteiger partial charge in [0.05, 0.1) is 0 Å². The number of rotatable bonds is 7. The Balaban J connectivity index is 0.00000300. The van der Waals surface area contributed by atoms with E-state index in [1.807, 2.05) is 12.4 Å². The summed E-state index contributed by atoms with van der Waals surface area (Å²) >= 11 is 0. The van der Waals surface area contributed by atoms with Gasteiger partial charge in [-0.2, -0.15) is 0 Å². The Morgan fingerprint density at radius 2 is 2.03 bits per heavy atom. The molecule has 2 heterocycles. The summed E-state index contributed by atoms with van der Waals surface area (Å²) in [6, 6.07) is 13.8. The average molecular weight is 507 g/mol. The second kappa shape index (κ2) is 12.1. The fourth-order valence-electron chi connectivity index (χ4n) is 3.83. The first-order valence-electron chi connectivity index (χ1n) is 10.4. The van der Waals surface area contributed by atoms with Gasteiger partial charge in [-0.1, -0.05) is 30.3 Å². The molecule has 0 spiro atoms. The summed E-state index contributed by atoms with van der Waals surface area (Å²) in [4.78, 5) is 11.5. The molecular formula is C23H34IN5. The Morgan fingerprint density at radius 1 is 1.24 bits per heavy atom. The van der Waals surface area contributed by atoms with Crippen molar-refractivity contribution in [3.8, 4) is 0 Å². The Morgan fingerprint density at radius 3 is 2.76 bits per heavy atom. The van der Waals surface area contributed by atoms with Crippen LogP contribution in [0.25, 0.3) is 0 Å². The molecule has 2 atom stereocenters. The number of likely N-dealkylation sites (tertiary alicyclic amines) is 1. The molecule has 3 rings (SSSR count). The van der Waals surface area contributed by atoms with Gasteiger partial charge in [0.15, 0.2) is 5.96 Å². The maximum atomic E-state index is 4.80. The molecule has 1 aliphatic heterocycles. The van der Waals surface area contributed by atoms with Gasteiger partial charge in [-0.25, -0.2) is 0 Å². The van der Waals surface area contributed by atoms with Gasteiger partial charge < -0.3 is 10.6 Å². The first kappa shape index (κ1) is 23.6. The van der Waals surface area contributed by atoms with Gasteiger partial charge in [0.25, 0.3) is 0 Å². The molecule has 1 aromatic heterocycles. The molecule has 29 heavy (non-hydrogen) atoms. The van der Waals surface area contributed by atoms with Gasteiger partial charge in [0.2, 0.25) is 0 Å². The van der Waals surface area contributed by atoms with Crippen LogP contribution in [0.1, 0.15) is 37.0 Å². The van der Waals surface area contributed by atoms with Crippen LogP contribution in [0.5, 0.6) is 0 Å². The van der Waals surface area contributed by atoms with Crippen LogP contribution >= 0.6 is 24.0 Å². The van der Waals surface area contributed by atoms with Crippen LogP contribution in [0.15, 0.2) is 53.8 Å². The maximum Gasteiger partial charge on any atom is 0.191 e. The standard InChI is InChI=1S/C23H33N5.HI/c1-4-25-23(26-13-11-21-10-12-24-15-18(21)2)27-22-14-19(3)28(17-22)16-20-8-6-5-7-9-20;/h5-10,12,15,19,22H,4,11,13-14,16-17H2,1-3H3,(H2,25,26,27);1H. The fourth-order valence-corrected chi connectivity index (χ4v) is 3.83. The van der Waals surface area contributed by atoms with Crippen molar-refractivity contribution in [2.75, 3.05) is 19.6 Å². The predicted octanol–water partition coefficient (Wildman–Crippen LogP) is 3.77. The third-order valence-corrected chi connectivity index (χ3v) is 5.40. The number of nitrogens with one attached hydrogen (secondary N) is 2. The molecular weight excluding hydrogens is 473 g/mol. The molecule has 2 N–H and O–H groups in total. The Hall–Kier alpha value is -1.67. The molecule has 1 fully saturated rings. The molecule has 6 heteroatoms. The smallest absolute Gasteiger partial charge is 0.191 e. The van der Waals surface area contributed by atoms with Gasteiger partial charge >= 0.3 is 0 Å². The molecule has 1 saturated heterocycles. The van der Waals surface area contributed by atoms with Gasteiger partial charge in [-0.15, -0.1) is 24.0 Å². The van der Waals surface area contributed by atoms with E-state index in [0.717, 1.165) is 45.0 Å². The number of aryl methyl sites for hydroxylation is 1. The van der Waals surface area contributed by atoms with Crippen molar-refractivity contribution in [3.63, 3.8) is 0 Å². The molecule has 2 unspecified atom stereocenters. The van der Waals surface area contributed by atoms with Gasteiger partial charge in [0.1, 0.15) is 0 Å². The molecule has 0 saturated carbocycles. The maximum absolute atomic E-state index is 4.80. The molecule has 0 amide bonds. The fraction of sp³-hybridized carbons (Fsp3) is 0.478. The summed E-state index contributed by atoms with van der Waals surface area (Å²) in [6.45, 7) is 10.2. The summed E-state index contributed by atoms with van der Waals surface area (Å²) in [7, 11) is 0. The molecule has 5 nitrogen and oxygen atoms in total. The highest BCUT2D eigenvalue weighted by Gasteiger charge is 2.29. The largest absolute Gasteiger partial charge is 0.357 e. The number of halogens is 1. The van der Waals surface area contributed by atoms with Gasteiger partial charge in [0, 0.05) is 50.7 Å². The van der Waals surface area contributed by atoms with Crippen molar-refractivity contribution in [1.82, 2.24) is 20.5 Å². The van der Waals surface area contributed by atoms with Crippen molar-refractivity contribution < 1.29 is 0 Å². The predicted molar refractivity (Wildman–Crippen MR) is 132 cm³/mol. The topological polar surface area (TPSA) is 52.6 Å². The van der Waals surface area contributed by atoms with Crippen molar-refractivity contribution >= 4 is 29.9 Å². The molecule has 2 aromatic rings. The second-order valence-electron chi connectivity index (χ2n) is 7.65. The Labute approximate surface area is 192 Å². The van der Waals surface area contributed by atoms with E-state index in [2.05, 4.69) is 77.7 Å². The zero-order valence-electron chi connectivity index (χ0n) is 17.8. The second-order valence-corrected chi connectivity index (χ2v) is 7.65. The van der Waals surface area contributed by atoms with Crippen molar-refractivity contribution in [1.29, 1.82) is 0 Å². The number of aromatic nitrogens is 1. The number of nitrogens with zero attached hydrogens (tertiary/aromatic N) is 3. The third-order valence-electron chi connectivity index (χ3n) is 5.40. The zero-order valence-corrected chi connectivity index (χ0v) is 20.1. The quantitative estimate of drug-likeness (QED) is 0.341. The monoisotopic (exact) mass is 507 g/mol. The highest BCUT2D eigenvalue weighted by Crippen LogP contribution is 2.20. The third kappa shape index (κ3) is 7.26. The number of pyridine rings is 1. The lowest BCUT2D eigenvalue weighted by atomic mass is 10.1. The summed E-state index contributed by atoms with van der Waals surface area (Å²) < 4.78 is 0. The van der Waals surface area contributed by atoms with Crippen molar-refractivity contribution in [3.05, 3.63) is 65.5 Å². The van der Waals surface area contributed by atoms with Gasteiger partial charge in [-0.05, 0) is 56.4 Å². The summed E-state index contributed by atoms with van der Waals surface area (Å²) in [5.74, 6) is 0.924. The highest BCUT2D eigenvalue weighted by atomic mass is 127. The molecule has 0 bridgehead atoms. The Kier molecular flexibility index (Phi) is 9.87. The SMILES string of the molecule is CCNC(=NCCc1ccncc1C)NC1CC(C)N(Cc2ccccc2)C1.I. The van der Waals surface area contributed by atoms with E-state index in [-0.39, 0.29) is 24.0 Å². The van der Waals surface area contributed by atoms with E-state index in [4.69, 9.17) is 4.99 Å². The Bertz CT molecular complexity index is 765. The number of hydrogen-bond donors (Lipinski definition) is 2. The van der Waals surface area contributed by atoms with Gasteiger partial charge in [-0.3, -0.25) is 14.9 Å². The minimum atomic E-state index is 0. The average Bonchev–Trinajstić information content (AvgIpc) is 3.03.